The SMILES string of the molecule is COC(=O)[C@H]1CCCN(c2nc(C)cc(C)n2)C1. The second kappa shape index (κ2) is 5.33. The van der Waals surface area contributed by atoms with Gasteiger partial charge >= 0.3 is 5.97 Å². The lowest BCUT2D eigenvalue weighted by Gasteiger charge is -2.31. The summed E-state index contributed by atoms with van der Waals surface area (Å²) in [7, 11) is 1.44. The van der Waals surface area contributed by atoms with Gasteiger partial charge in [0, 0.05) is 24.5 Å². The molecule has 1 aliphatic heterocycles. The minimum Gasteiger partial charge on any atom is -0.469 e. The third-order valence-electron chi connectivity index (χ3n) is 3.21. The number of carbonyl (C=O) groups is 1. The zero-order valence-corrected chi connectivity index (χ0v) is 11.1. The third kappa shape index (κ3) is 2.78. The molecular formula is C13H19N3O2. The summed E-state index contributed by atoms with van der Waals surface area (Å²) < 4.78 is 4.81. The van der Waals surface area contributed by atoms with E-state index in [9.17, 15) is 4.79 Å². The van der Waals surface area contributed by atoms with Crippen molar-refractivity contribution in [1.29, 1.82) is 0 Å². The maximum atomic E-state index is 11.6. The number of ether oxygens (including phenoxy) is 1. The summed E-state index contributed by atoms with van der Waals surface area (Å²) in [5.74, 6) is 0.526. The second-order valence-corrected chi connectivity index (χ2v) is 4.76. The second-order valence-electron chi connectivity index (χ2n) is 4.76. The van der Waals surface area contributed by atoms with Crippen LogP contribution in [0.2, 0.25) is 0 Å². The largest absolute Gasteiger partial charge is 0.469 e. The molecule has 1 aromatic heterocycles. The van der Waals surface area contributed by atoms with Gasteiger partial charge in [-0.05, 0) is 32.8 Å². The van der Waals surface area contributed by atoms with Crippen molar-refractivity contribution < 1.29 is 9.53 Å². The number of piperidine rings is 1. The molecule has 5 nitrogen and oxygen atoms in total. The molecule has 0 radical (unpaired) electrons. The van der Waals surface area contributed by atoms with Crippen LogP contribution in [0.4, 0.5) is 5.95 Å². The van der Waals surface area contributed by atoms with Crippen LogP contribution < -0.4 is 4.90 Å². The molecule has 1 fully saturated rings. The van der Waals surface area contributed by atoms with Gasteiger partial charge in [-0.3, -0.25) is 4.79 Å². The smallest absolute Gasteiger partial charge is 0.310 e. The van der Waals surface area contributed by atoms with Gasteiger partial charge in [0.2, 0.25) is 5.95 Å². The number of hydrogen-bond donors (Lipinski definition) is 0. The Hall–Kier alpha value is -1.65. The van der Waals surface area contributed by atoms with Gasteiger partial charge in [-0.2, -0.15) is 0 Å². The molecule has 0 saturated carbocycles. The molecule has 2 rings (SSSR count). The molecule has 0 bridgehead atoms. The number of aromatic nitrogens is 2. The topological polar surface area (TPSA) is 55.3 Å². The molecule has 1 aliphatic rings. The maximum absolute atomic E-state index is 11.6. The first-order valence-corrected chi connectivity index (χ1v) is 6.25. The summed E-state index contributed by atoms with van der Waals surface area (Å²) in [6, 6.07) is 1.95. The van der Waals surface area contributed by atoms with E-state index in [0.717, 1.165) is 36.7 Å². The van der Waals surface area contributed by atoms with Crippen molar-refractivity contribution in [2.75, 3.05) is 25.1 Å². The van der Waals surface area contributed by atoms with Gasteiger partial charge in [0.05, 0.1) is 13.0 Å². The summed E-state index contributed by atoms with van der Waals surface area (Å²) in [6.07, 6.45) is 1.85. The standard InChI is InChI=1S/C13H19N3O2/c1-9-7-10(2)15-13(14-9)16-6-4-5-11(8-16)12(17)18-3/h7,11H,4-6,8H2,1-3H3/t11-/m0/s1. The summed E-state index contributed by atoms with van der Waals surface area (Å²) >= 11 is 0. The quantitative estimate of drug-likeness (QED) is 0.743. The van der Waals surface area contributed by atoms with Crippen molar-refractivity contribution in [2.24, 2.45) is 5.92 Å². The lowest BCUT2D eigenvalue weighted by atomic mass is 9.98. The van der Waals surface area contributed by atoms with Gasteiger partial charge in [0.1, 0.15) is 0 Å². The predicted molar refractivity (Wildman–Crippen MR) is 68.5 cm³/mol. The van der Waals surface area contributed by atoms with Crippen molar-refractivity contribution in [3.05, 3.63) is 17.5 Å². The van der Waals surface area contributed by atoms with Gasteiger partial charge in [0.15, 0.2) is 0 Å². The Kier molecular flexibility index (Phi) is 3.79. The molecule has 0 spiro atoms. The highest BCUT2D eigenvalue weighted by atomic mass is 16.5. The lowest BCUT2D eigenvalue weighted by molar-refractivity contribution is -0.145. The van der Waals surface area contributed by atoms with E-state index in [1.54, 1.807) is 0 Å². The van der Waals surface area contributed by atoms with Crippen LogP contribution in [0, 0.1) is 19.8 Å². The molecule has 0 N–H and O–H groups in total. The van der Waals surface area contributed by atoms with E-state index in [2.05, 4.69) is 14.9 Å². The molecule has 5 heteroatoms. The predicted octanol–water partition coefficient (Wildman–Crippen LogP) is 1.48. The Labute approximate surface area is 107 Å². The molecular weight excluding hydrogens is 230 g/mol. The van der Waals surface area contributed by atoms with E-state index < -0.39 is 0 Å². The van der Waals surface area contributed by atoms with Crippen LogP contribution in [0.5, 0.6) is 0 Å². The van der Waals surface area contributed by atoms with E-state index in [1.807, 2.05) is 19.9 Å². The van der Waals surface area contributed by atoms with Gasteiger partial charge < -0.3 is 9.64 Å². The number of aryl methyl sites for hydroxylation is 2. The molecule has 1 atom stereocenters. The highest BCUT2D eigenvalue weighted by molar-refractivity contribution is 5.73. The molecule has 2 heterocycles. The van der Waals surface area contributed by atoms with Crippen LogP contribution in [0.3, 0.4) is 0 Å². The van der Waals surface area contributed by atoms with E-state index >= 15 is 0 Å². The summed E-state index contributed by atoms with van der Waals surface area (Å²) in [5.41, 5.74) is 1.91. The Morgan fingerprint density at radius 1 is 1.39 bits per heavy atom. The number of anilines is 1. The summed E-state index contributed by atoms with van der Waals surface area (Å²) in [5, 5.41) is 0. The fraction of sp³-hybridized carbons (Fsp3) is 0.615. The van der Waals surface area contributed by atoms with Crippen molar-refractivity contribution >= 4 is 11.9 Å². The molecule has 1 aromatic rings. The van der Waals surface area contributed by atoms with Crippen LogP contribution >= 0.6 is 0 Å². The fourth-order valence-corrected chi connectivity index (χ4v) is 2.37. The number of nitrogens with zero attached hydrogens (tertiary/aromatic N) is 3. The number of methoxy groups -OCH3 is 1. The highest BCUT2D eigenvalue weighted by Crippen LogP contribution is 2.21. The van der Waals surface area contributed by atoms with E-state index in [-0.39, 0.29) is 11.9 Å². The molecule has 0 amide bonds. The minimum absolute atomic E-state index is 0.0619. The van der Waals surface area contributed by atoms with E-state index in [1.165, 1.54) is 7.11 Å². The molecule has 98 valence electrons. The molecule has 0 aliphatic carbocycles. The Morgan fingerprint density at radius 3 is 2.67 bits per heavy atom. The van der Waals surface area contributed by atoms with Crippen molar-refractivity contribution in [3.8, 4) is 0 Å². The maximum Gasteiger partial charge on any atom is 0.310 e. The first-order chi connectivity index (χ1) is 8.60. The number of carbonyl (C=O) groups excluding carboxylic acids is 1. The number of rotatable bonds is 2. The zero-order valence-electron chi connectivity index (χ0n) is 11.1. The van der Waals surface area contributed by atoms with Crippen molar-refractivity contribution in [1.82, 2.24) is 9.97 Å². The fourth-order valence-electron chi connectivity index (χ4n) is 2.37. The molecule has 0 unspecified atom stereocenters. The average molecular weight is 249 g/mol. The van der Waals surface area contributed by atoms with Crippen LogP contribution in [0.1, 0.15) is 24.2 Å². The lowest BCUT2D eigenvalue weighted by Crippen LogP contribution is -2.40. The third-order valence-corrected chi connectivity index (χ3v) is 3.21. The number of esters is 1. The zero-order chi connectivity index (χ0) is 13.1. The molecule has 1 saturated heterocycles. The first-order valence-electron chi connectivity index (χ1n) is 6.25. The van der Waals surface area contributed by atoms with Gasteiger partial charge in [0.25, 0.3) is 0 Å². The first kappa shape index (κ1) is 12.8. The number of hydrogen-bond acceptors (Lipinski definition) is 5. The van der Waals surface area contributed by atoms with Gasteiger partial charge in [-0.25, -0.2) is 9.97 Å². The molecule has 18 heavy (non-hydrogen) atoms. The van der Waals surface area contributed by atoms with E-state index in [4.69, 9.17) is 4.74 Å². The molecule has 0 aromatic carbocycles. The summed E-state index contributed by atoms with van der Waals surface area (Å²) in [6.45, 7) is 5.46. The Bertz CT molecular complexity index is 428. The van der Waals surface area contributed by atoms with Gasteiger partial charge in [-0.1, -0.05) is 0 Å². The van der Waals surface area contributed by atoms with E-state index in [0.29, 0.717) is 6.54 Å². The van der Waals surface area contributed by atoms with Crippen LogP contribution in [0.25, 0.3) is 0 Å². The Balaban J connectivity index is 2.15. The van der Waals surface area contributed by atoms with Crippen LogP contribution in [0.15, 0.2) is 6.07 Å². The van der Waals surface area contributed by atoms with Gasteiger partial charge in [-0.15, -0.1) is 0 Å². The Morgan fingerprint density at radius 2 is 2.06 bits per heavy atom. The van der Waals surface area contributed by atoms with Crippen LogP contribution in [-0.4, -0.2) is 36.1 Å². The highest BCUT2D eigenvalue weighted by Gasteiger charge is 2.27. The summed E-state index contributed by atoms with van der Waals surface area (Å²) in [4.78, 5) is 22.5. The van der Waals surface area contributed by atoms with Crippen LogP contribution in [-0.2, 0) is 9.53 Å². The monoisotopic (exact) mass is 249 g/mol. The minimum atomic E-state index is -0.135. The normalized spacial score (nSPS) is 19.7. The average Bonchev–Trinajstić information content (AvgIpc) is 2.37. The van der Waals surface area contributed by atoms with Crippen molar-refractivity contribution in [2.45, 2.75) is 26.7 Å². The van der Waals surface area contributed by atoms with Crippen molar-refractivity contribution in [3.63, 3.8) is 0 Å².